The highest BCUT2D eigenvalue weighted by Gasteiger charge is 2.33. The van der Waals surface area contributed by atoms with Gasteiger partial charge in [-0.2, -0.15) is 13.2 Å². The third kappa shape index (κ3) is 6.30. The van der Waals surface area contributed by atoms with E-state index in [1.165, 1.54) is 30.6 Å². The zero-order valence-corrected chi connectivity index (χ0v) is 20.1. The van der Waals surface area contributed by atoms with Crippen molar-refractivity contribution in [1.29, 1.82) is 0 Å². The van der Waals surface area contributed by atoms with E-state index in [2.05, 4.69) is 42.7 Å². The summed E-state index contributed by atoms with van der Waals surface area (Å²) < 4.78 is 42.8. The van der Waals surface area contributed by atoms with Crippen LogP contribution in [0.2, 0.25) is 0 Å². The number of fused-ring (bicyclic) bond motifs is 1. The van der Waals surface area contributed by atoms with Crippen LogP contribution in [0.5, 0.6) is 0 Å². The molecule has 1 aromatic carbocycles. The molecule has 3 aromatic heterocycles. The lowest BCUT2D eigenvalue weighted by molar-refractivity contribution is -0.138. The summed E-state index contributed by atoms with van der Waals surface area (Å²) in [6.45, 7) is 3.05. The van der Waals surface area contributed by atoms with Crippen LogP contribution >= 0.6 is 0 Å². The molecule has 0 aliphatic heterocycles. The van der Waals surface area contributed by atoms with Crippen molar-refractivity contribution < 1.29 is 18.0 Å². The summed E-state index contributed by atoms with van der Waals surface area (Å²) in [4.78, 5) is 25.3. The van der Waals surface area contributed by atoms with Gasteiger partial charge in [-0.1, -0.05) is 12.0 Å². The summed E-state index contributed by atoms with van der Waals surface area (Å²) in [6.07, 6.45) is 3.29. The first kappa shape index (κ1) is 25.8. The lowest BCUT2D eigenvalue weighted by Crippen LogP contribution is -2.25. The first-order valence-corrected chi connectivity index (χ1v) is 11.4. The minimum Gasteiger partial charge on any atom is -0.322 e. The Labute approximate surface area is 211 Å². The standard InChI is InChI=1S/C26H24F3N7O/c1-17-24-34-16-22(36(24)10-9-33-17)6-3-18-11-20(15-32-13-18)25(37)35-21-5-4-19(14-31-8-7-30-2)23(12-21)26(27,28)29/h4-5,9-13,15-16,30-31H,7-8,14H2,1-2H3,(H,35,37). The Hall–Kier alpha value is -4.27. The van der Waals surface area contributed by atoms with Crippen LogP contribution < -0.4 is 16.0 Å². The summed E-state index contributed by atoms with van der Waals surface area (Å²) in [5.41, 5.74) is 2.04. The topological polar surface area (TPSA) is 96.2 Å². The number of aromatic nitrogens is 4. The Morgan fingerprint density at radius 2 is 1.92 bits per heavy atom. The fourth-order valence-corrected chi connectivity index (χ4v) is 3.62. The lowest BCUT2D eigenvalue weighted by Gasteiger charge is -2.16. The number of aryl methyl sites for hydroxylation is 1. The molecule has 0 aliphatic rings. The van der Waals surface area contributed by atoms with Gasteiger partial charge < -0.3 is 16.0 Å². The number of carbonyl (C=O) groups is 1. The van der Waals surface area contributed by atoms with Crippen molar-refractivity contribution in [2.75, 3.05) is 25.5 Å². The molecule has 0 atom stereocenters. The number of carbonyl (C=O) groups excluding carboxylic acids is 1. The maximum absolute atomic E-state index is 13.7. The molecule has 190 valence electrons. The smallest absolute Gasteiger partial charge is 0.322 e. The molecule has 11 heteroatoms. The molecule has 0 unspecified atom stereocenters. The highest BCUT2D eigenvalue weighted by atomic mass is 19.4. The van der Waals surface area contributed by atoms with Gasteiger partial charge in [0.15, 0.2) is 5.65 Å². The molecule has 0 radical (unpaired) electrons. The van der Waals surface area contributed by atoms with Crippen LogP contribution in [-0.4, -0.2) is 45.4 Å². The van der Waals surface area contributed by atoms with E-state index in [0.717, 1.165) is 11.8 Å². The predicted octanol–water partition coefficient (Wildman–Crippen LogP) is 3.41. The number of anilines is 1. The van der Waals surface area contributed by atoms with Crippen LogP contribution in [0.1, 0.15) is 38.4 Å². The maximum Gasteiger partial charge on any atom is 0.416 e. The van der Waals surface area contributed by atoms with Crippen LogP contribution in [0.3, 0.4) is 0 Å². The van der Waals surface area contributed by atoms with Gasteiger partial charge in [0.2, 0.25) is 0 Å². The Morgan fingerprint density at radius 3 is 2.70 bits per heavy atom. The normalized spacial score (nSPS) is 11.3. The van der Waals surface area contributed by atoms with Gasteiger partial charge in [-0.15, -0.1) is 0 Å². The largest absolute Gasteiger partial charge is 0.416 e. The van der Waals surface area contributed by atoms with Crippen molar-refractivity contribution in [2.24, 2.45) is 0 Å². The minimum absolute atomic E-state index is 0.0301. The average Bonchev–Trinajstić information content (AvgIpc) is 3.30. The number of nitrogens with one attached hydrogen (secondary N) is 3. The van der Waals surface area contributed by atoms with E-state index in [1.807, 2.05) is 6.92 Å². The number of imidazole rings is 1. The molecular formula is C26H24F3N7O. The van der Waals surface area contributed by atoms with Crippen molar-refractivity contribution in [3.8, 4) is 11.8 Å². The summed E-state index contributed by atoms with van der Waals surface area (Å²) in [7, 11) is 1.76. The zero-order valence-electron chi connectivity index (χ0n) is 20.1. The van der Waals surface area contributed by atoms with E-state index in [-0.39, 0.29) is 23.4 Å². The van der Waals surface area contributed by atoms with Gasteiger partial charge >= 0.3 is 6.18 Å². The number of hydrogen-bond acceptors (Lipinski definition) is 6. The number of benzene rings is 1. The molecule has 0 saturated heterocycles. The van der Waals surface area contributed by atoms with Gasteiger partial charge in [-0.05, 0) is 43.7 Å². The van der Waals surface area contributed by atoms with Gasteiger partial charge in [0, 0.05) is 55.7 Å². The van der Waals surface area contributed by atoms with Crippen LogP contribution in [-0.2, 0) is 12.7 Å². The van der Waals surface area contributed by atoms with Crippen molar-refractivity contribution in [3.05, 3.63) is 88.9 Å². The van der Waals surface area contributed by atoms with Crippen molar-refractivity contribution in [1.82, 2.24) is 30.0 Å². The fourth-order valence-electron chi connectivity index (χ4n) is 3.62. The molecule has 3 heterocycles. The number of amides is 1. The van der Waals surface area contributed by atoms with E-state index < -0.39 is 17.6 Å². The fraction of sp³-hybridized carbons (Fsp3) is 0.231. The van der Waals surface area contributed by atoms with Crippen LogP contribution in [0, 0.1) is 18.8 Å². The minimum atomic E-state index is -4.57. The van der Waals surface area contributed by atoms with E-state index in [1.54, 1.807) is 30.0 Å². The van der Waals surface area contributed by atoms with E-state index in [4.69, 9.17) is 0 Å². The van der Waals surface area contributed by atoms with Crippen molar-refractivity contribution >= 4 is 17.2 Å². The molecule has 1 amide bonds. The summed E-state index contributed by atoms with van der Waals surface area (Å²) in [5.74, 6) is 5.35. The van der Waals surface area contributed by atoms with E-state index >= 15 is 0 Å². The highest BCUT2D eigenvalue weighted by Crippen LogP contribution is 2.34. The third-order valence-corrected chi connectivity index (χ3v) is 5.48. The number of alkyl halides is 3. The zero-order chi connectivity index (χ0) is 26.4. The number of nitrogens with zero attached hydrogens (tertiary/aromatic N) is 4. The maximum atomic E-state index is 13.7. The van der Waals surface area contributed by atoms with Crippen molar-refractivity contribution in [2.45, 2.75) is 19.6 Å². The molecular weight excluding hydrogens is 483 g/mol. The lowest BCUT2D eigenvalue weighted by atomic mass is 10.1. The summed E-state index contributed by atoms with van der Waals surface area (Å²) >= 11 is 0. The Balaban J connectivity index is 1.51. The van der Waals surface area contributed by atoms with Gasteiger partial charge in [0.25, 0.3) is 5.91 Å². The SMILES string of the molecule is CNCCNCc1ccc(NC(=O)c2cncc(C#Cc3cnc4c(C)nccn34)c2)cc1C(F)(F)F. The molecule has 0 spiro atoms. The molecule has 0 fully saturated rings. The molecule has 4 rings (SSSR count). The van der Waals surface area contributed by atoms with E-state index in [0.29, 0.717) is 30.0 Å². The van der Waals surface area contributed by atoms with Gasteiger partial charge in [0.1, 0.15) is 5.69 Å². The predicted molar refractivity (Wildman–Crippen MR) is 133 cm³/mol. The summed E-state index contributed by atoms with van der Waals surface area (Å²) in [5, 5.41) is 8.41. The number of halogens is 3. The molecule has 8 nitrogen and oxygen atoms in total. The van der Waals surface area contributed by atoms with Gasteiger partial charge in [0.05, 0.1) is 23.0 Å². The van der Waals surface area contributed by atoms with Gasteiger partial charge in [-0.3, -0.25) is 19.2 Å². The molecule has 37 heavy (non-hydrogen) atoms. The molecule has 0 aliphatic carbocycles. The average molecular weight is 508 g/mol. The molecule has 4 aromatic rings. The number of rotatable bonds is 7. The quantitative estimate of drug-likeness (QED) is 0.262. The molecule has 3 N–H and O–H groups in total. The Bertz CT molecular complexity index is 1490. The Morgan fingerprint density at radius 1 is 1.08 bits per heavy atom. The number of hydrogen-bond donors (Lipinski definition) is 3. The van der Waals surface area contributed by atoms with Crippen molar-refractivity contribution in [3.63, 3.8) is 0 Å². The molecule has 0 saturated carbocycles. The number of likely N-dealkylation sites (N-methyl/N-ethyl adjacent to an activating group) is 1. The Kier molecular flexibility index (Phi) is 7.81. The van der Waals surface area contributed by atoms with Crippen LogP contribution in [0.4, 0.5) is 18.9 Å². The first-order valence-electron chi connectivity index (χ1n) is 11.4. The van der Waals surface area contributed by atoms with Crippen LogP contribution in [0.15, 0.2) is 55.2 Å². The third-order valence-electron chi connectivity index (χ3n) is 5.48. The molecule has 0 bridgehead atoms. The van der Waals surface area contributed by atoms with E-state index in [9.17, 15) is 18.0 Å². The second-order valence-corrected chi connectivity index (χ2v) is 8.17. The van der Waals surface area contributed by atoms with Crippen LogP contribution in [0.25, 0.3) is 5.65 Å². The second-order valence-electron chi connectivity index (χ2n) is 8.17. The van der Waals surface area contributed by atoms with Gasteiger partial charge in [-0.25, -0.2) is 4.98 Å². The first-order chi connectivity index (χ1) is 17.8. The number of pyridine rings is 1. The second kappa shape index (κ2) is 11.2. The highest BCUT2D eigenvalue weighted by molar-refractivity contribution is 6.04. The summed E-state index contributed by atoms with van der Waals surface area (Å²) in [6, 6.07) is 5.26. The monoisotopic (exact) mass is 507 g/mol.